The van der Waals surface area contributed by atoms with Gasteiger partial charge in [-0.3, -0.25) is 4.79 Å². The minimum Gasteiger partial charge on any atom is -0.466 e. The number of hydrogen-bond donors (Lipinski definition) is 0. The van der Waals surface area contributed by atoms with Crippen molar-refractivity contribution in [3.63, 3.8) is 0 Å². The zero-order chi connectivity index (χ0) is 11.5. The van der Waals surface area contributed by atoms with Crippen LogP contribution in [-0.4, -0.2) is 31.0 Å². The highest BCUT2D eigenvalue weighted by Gasteiger charge is 2.65. The molecule has 0 aliphatic carbocycles. The van der Waals surface area contributed by atoms with Gasteiger partial charge in [0.2, 0.25) is 0 Å². The van der Waals surface area contributed by atoms with Crippen molar-refractivity contribution in [2.45, 2.75) is 38.0 Å². The molecular weight excluding hydrogens is 213 g/mol. The summed E-state index contributed by atoms with van der Waals surface area (Å²) >= 11 is 0. The van der Waals surface area contributed by atoms with Crippen molar-refractivity contribution in [2.24, 2.45) is 0 Å². The van der Waals surface area contributed by atoms with Gasteiger partial charge < -0.3 is 9.47 Å². The molecule has 1 atom stereocenters. The van der Waals surface area contributed by atoms with Crippen molar-refractivity contribution >= 4 is 5.97 Å². The summed E-state index contributed by atoms with van der Waals surface area (Å²) in [6, 6.07) is 0. The van der Waals surface area contributed by atoms with Crippen molar-refractivity contribution in [3.05, 3.63) is 0 Å². The molecule has 3 nitrogen and oxygen atoms in total. The predicted octanol–water partition coefficient (Wildman–Crippen LogP) is 2.05. The summed E-state index contributed by atoms with van der Waals surface area (Å²) in [5.41, 5.74) is -2.06. The van der Waals surface area contributed by atoms with Gasteiger partial charge in [0, 0.05) is 12.8 Å². The normalized spacial score (nSPS) is 25.1. The number of carbonyl (C=O) groups is 1. The van der Waals surface area contributed by atoms with Crippen LogP contribution < -0.4 is 0 Å². The number of carbonyl (C=O) groups excluding carboxylic acids is 1. The largest absolute Gasteiger partial charge is 0.466 e. The van der Waals surface area contributed by atoms with Gasteiger partial charge in [0.15, 0.2) is 5.60 Å². The summed E-state index contributed by atoms with van der Waals surface area (Å²) in [4.78, 5) is 10.9. The Morgan fingerprint density at radius 1 is 1.53 bits per heavy atom. The van der Waals surface area contributed by atoms with Crippen LogP contribution in [0.15, 0.2) is 0 Å². The summed E-state index contributed by atoms with van der Waals surface area (Å²) in [5.74, 6) is -0.463. The van der Waals surface area contributed by atoms with E-state index < -0.39 is 17.7 Å². The van der Waals surface area contributed by atoms with Crippen molar-refractivity contribution < 1.29 is 27.4 Å². The van der Waals surface area contributed by atoms with Crippen LogP contribution in [0.5, 0.6) is 0 Å². The quantitative estimate of drug-likeness (QED) is 0.532. The number of hydrogen-bond acceptors (Lipinski definition) is 3. The summed E-state index contributed by atoms with van der Waals surface area (Å²) in [7, 11) is 0. The lowest BCUT2D eigenvalue weighted by molar-refractivity contribution is -0.189. The third kappa shape index (κ3) is 3.09. The summed E-state index contributed by atoms with van der Waals surface area (Å²) in [6.45, 7) is 1.22. The molecule has 0 radical (unpaired) electrons. The van der Waals surface area contributed by atoms with Crippen LogP contribution in [0.3, 0.4) is 0 Å². The molecule has 0 amide bonds. The molecule has 0 aromatic carbocycles. The molecule has 88 valence electrons. The third-order valence-corrected chi connectivity index (χ3v) is 2.23. The molecule has 1 fully saturated rings. The molecule has 15 heavy (non-hydrogen) atoms. The van der Waals surface area contributed by atoms with Gasteiger partial charge >= 0.3 is 12.1 Å². The second-order valence-corrected chi connectivity index (χ2v) is 3.50. The van der Waals surface area contributed by atoms with Gasteiger partial charge in [0.25, 0.3) is 0 Å². The van der Waals surface area contributed by atoms with Crippen molar-refractivity contribution in [3.8, 4) is 0 Å². The molecule has 1 aliphatic heterocycles. The van der Waals surface area contributed by atoms with Gasteiger partial charge in [0.1, 0.15) is 0 Å². The van der Waals surface area contributed by atoms with E-state index in [9.17, 15) is 18.0 Å². The lowest BCUT2D eigenvalue weighted by Crippen LogP contribution is -2.34. The molecular formula is C9H13F3O3. The second kappa shape index (κ2) is 4.38. The van der Waals surface area contributed by atoms with Gasteiger partial charge in [-0.25, -0.2) is 0 Å². The van der Waals surface area contributed by atoms with E-state index in [2.05, 4.69) is 9.47 Å². The van der Waals surface area contributed by atoms with Gasteiger partial charge in [-0.1, -0.05) is 6.92 Å². The first-order chi connectivity index (χ1) is 6.91. The second-order valence-electron chi connectivity index (χ2n) is 3.50. The Morgan fingerprint density at radius 3 is 2.53 bits per heavy atom. The van der Waals surface area contributed by atoms with Crippen LogP contribution in [0.25, 0.3) is 0 Å². The zero-order valence-electron chi connectivity index (χ0n) is 8.39. The Morgan fingerprint density at radius 2 is 2.13 bits per heavy atom. The highest BCUT2D eigenvalue weighted by Crippen LogP contribution is 2.45. The minimum atomic E-state index is -4.37. The van der Waals surface area contributed by atoms with E-state index in [0.29, 0.717) is 6.42 Å². The number of alkyl halides is 3. The summed E-state index contributed by atoms with van der Waals surface area (Å²) in [6.07, 6.45) is -3.82. The Labute approximate surface area is 85.5 Å². The van der Waals surface area contributed by atoms with Crippen LogP contribution in [-0.2, 0) is 14.3 Å². The first-order valence-electron chi connectivity index (χ1n) is 4.77. The van der Waals surface area contributed by atoms with Crippen LogP contribution in [0, 0.1) is 0 Å². The molecule has 1 unspecified atom stereocenters. The van der Waals surface area contributed by atoms with Gasteiger partial charge in [-0.2, -0.15) is 13.2 Å². The van der Waals surface area contributed by atoms with Gasteiger partial charge in [-0.05, 0) is 6.42 Å². The maximum atomic E-state index is 12.3. The highest BCUT2D eigenvalue weighted by atomic mass is 19.4. The van der Waals surface area contributed by atoms with Gasteiger partial charge in [0.05, 0.1) is 13.2 Å². The number of ether oxygens (including phenoxy) is 2. The third-order valence-electron chi connectivity index (χ3n) is 2.23. The SMILES string of the molecule is CCCC(=O)OCCC1(C(F)(F)F)CO1. The smallest absolute Gasteiger partial charge is 0.419 e. The Bertz CT molecular complexity index is 233. The molecule has 0 saturated carbocycles. The number of halogens is 3. The molecule has 0 N–H and O–H groups in total. The van der Waals surface area contributed by atoms with Crippen LogP contribution >= 0.6 is 0 Å². The fraction of sp³-hybridized carbons (Fsp3) is 0.889. The lowest BCUT2D eigenvalue weighted by atomic mass is 10.1. The predicted molar refractivity (Wildman–Crippen MR) is 45.2 cm³/mol. The van der Waals surface area contributed by atoms with E-state index in [1.807, 2.05) is 0 Å². The first kappa shape index (κ1) is 12.3. The Kier molecular flexibility index (Phi) is 3.59. The van der Waals surface area contributed by atoms with E-state index >= 15 is 0 Å². The molecule has 0 aromatic heterocycles. The number of rotatable bonds is 5. The van der Waals surface area contributed by atoms with E-state index in [1.165, 1.54) is 0 Å². The van der Waals surface area contributed by atoms with E-state index in [0.717, 1.165) is 0 Å². The molecule has 0 spiro atoms. The Hall–Kier alpha value is -0.780. The average molecular weight is 226 g/mol. The fourth-order valence-electron chi connectivity index (χ4n) is 1.14. The topological polar surface area (TPSA) is 38.8 Å². The van der Waals surface area contributed by atoms with Crippen molar-refractivity contribution in [2.75, 3.05) is 13.2 Å². The van der Waals surface area contributed by atoms with Crippen molar-refractivity contribution in [1.82, 2.24) is 0 Å². The molecule has 1 aliphatic rings. The molecule has 1 saturated heterocycles. The minimum absolute atomic E-state index is 0.236. The number of esters is 1. The van der Waals surface area contributed by atoms with Crippen LogP contribution in [0.2, 0.25) is 0 Å². The summed E-state index contributed by atoms with van der Waals surface area (Å²) < 4.78 is 45.9. The fourth-order valence-corrected chi connectivity index (χ4v) is 1.14. The molecule has 1 rings (SSSR count). The first-order valence-corrected chi connectivity index (χ1v) is 4.77. The van der Waals surface area contributed by atoms with E-state index in [4.69, 9.17) is 0 Å². The zero-order valence-corrected chi connectivity index (χ0v) is 8.39. The average Bonchev–Trinajstić information content (AvgIpc) is 2.84. The number of epoxide rings is 1. The van der Waals surface area contributed by atoms with Crippen molar-refractivity contribution in [1.29, 1.82) is 0 Å². The van der Waals surface area contributed by atoms with Gasteiger partial charge in [-0.15, -0.1) is 0 Å². The molecule has 0 bridgehead atoms. The monoisotopic (exact) mass is 226 g/mol. The van der Waals surface area contributed by atoms with Crippen LogP contribution in [0.1, 0.15) is 26.2 Å². The maximum absolute atomic E-state index is 12.3. The molecule has 1 heterocycles. The lowest BCUT2D eigenvalue weighted by Gasteiger charge is -2.15. The standard InChI is InChI=1S/C9H13F3O3/c1-2-3-7(13)14-5-4-8(6-15-8)9(10,11)12/h2-6H2,1H3. The van der Waals surface area contributed by atoms with E-state index in [-0.39, 0.29) is 26.1 Å². The highest BCUT2D eigenvalue weighted by molar-refractivity contribution is 5.69. The summed E-state index contributed by atoms with van der Waals surface area (Å²) in [5, 5.41) is 0. The Balaban J connectivity index is 2.24. The molecule has 6 heteroatoms. The van der Waals surface area contributed by atoms with E-state index in [1.54, 1.807) is 6.92 Å². The maximum Gasteiger partial charge on any atom is 0.419 e. The molecule has 0 aromatic rings. The van der Waals surface area contributed by atoms with Crippen LogP contribution in [0.4, 0.5) is 13.2 Å².